The van der Waals surface area contributed by atoms with Crippen LogP contribution in [-0.2, 0) is 0 Å². The molecule has 0 aromatic carbocycles. The molecule has 0 rings (SSSR count). The van der Waals surface area contributed by atoms with Crippen LogP contribution in [0.15, 0.2) is 0 Å². The molecule has 0 aromatic heterocycles. The smallest absolute Gasteiger partial charge is 1.00 e. The molecule has 0 fully saturated rings. The zero-order valence-corrected chi connectivity index (χ0v) is 12.4. The van der Waals surface area contributed by atoms with Gasteiger partial charge in [-0.25, -0.2) is 0 Å². The van der Waals surface area contributed by atoms with Gasteiger partial charge in [-0.1, -0.05) is 75.1 Å². The fourth-order valence-corrected chi connectivity index (χ4v) is 6.47. The third kappa shape index (κ3) is 11.2. The average molecular weight is 206 g/mol. The monoisotopic (exact) mass is 206 g/mol. The molecule has 0 spiro atoms. The van der Waals surface area contributed by atoms with Crippen molar-refractivity contribution >= 4 is 14.1 Å². The SMILES string of the molecule is CCC[CH2][Al]([CH2]C(C)C)[CH2]C(C)C.[H-].[Li+]. The normalized spacial score (nSPS) is 10.5. The van der Waals surface area contributed by atoms with E-state index in [1.54, 1.807) is 15.8 Å². The van der Waals surface area contributed by atoms with E-state index in [0.717, 1.165) is 11.8 Å². The summed E-state index contributed by atoms with van der Waals surface area (Å²) in [4.78, 5) is 0. The maximum atomic E-state index is 2.38. The zero-order chi connectivity index (χ0) is 10.3. The summed E-state index contributed by atoms with van der Waals surface area (Å²) in [6.45, 7) is 11.8. The molecule has 0 aliphatic heterocycles. The number of rotatable bonds is 7. The Labute approximate surface area is 109 Å². The fourth-order valence-electron chi connectivity index (χ4n) is 2.16. The molecule has 0 aliphatic carbocycles. The van der Waals surface area contributed by atoms with E-state index in [1.165, 1.54) is 12.8 Å². The summed E-state index contributed by atoms with van der Waals surface area (Å²) in [5.41, 5.74) is 0. The second-order valence-corrected chi connectivity index (χ2v) is 8.52. The molecule has 0 aliphatic rings. The van der Waals surface area contributed by atoms with Crippen molar-refractivity contribution in [1.29, 1.82) is 0 Å². The van der Waals surface area contributed by atoms with Crippen LogP contribution >= 0.6 is 0 Å². The van der Waals surface area contributed by atoms with Crippen molar-refractivity contribution < 1.29 is 20.3 Å². The predicted octanol–water partition coefficient (Wildman–Crippen LogP) is 1.71. The van der Waals surface area contributed by atoms with E-state index in [-0.39, 0.29) is 34.4 Å². The maximum Gasteiger partial charge on any atom is 1.00 e. The summed E-state index contributed by atoms with van der Waals surface area (Å²) >= 11 is -0.367. The minimum absolute atomic E-state index is 0. The van der Waals surface area contributed by atoms with Gasteiger partial charge >= 0.3 is 18.9 Å². The zero-order valence-electron chi connectivity index (χ0n) is 12.3. The second kappa shape index (κ2) is 10.6. The summed E-state index contributed by atoms with van der Waals surface area (Å²) in [6.07, 6.45) is 2.87. The average Bonchev–Trinajstić information content (AvgIpc) is 1.98. The Balaban J connectivity index is -0.000000720. The number of unbranched alkanes of at least 4 members (excludes halogenated alkanes) is 1. The van der Waals surface area contributed by atoms with Gasteiger partial charge in [0, 0.05) is 0 Å². The Morgan fingerprint density at radius 2 is 1.43 bits per heavy atom. The quantitative estimate of drug-likeness (QED) is 0.556. The number of hydrogen-bond acceptors (Lipinski definition) is 0. The van der Waals surface area contributed by atoms with Gasteiger partial charge in [-0.15, -0.1) is 0 Å². The first-order valence-electron chi connectivity index (χ1n) is 6.06. The molecule has 0 saturated carbocycles. The Kier molecular flexibility index (Phi) is 13.3. The van der Waals surface area contributed by atoms with Gasteiger partial charge in [0.05, 0.1) is 0 Å². The van der Waals surface area contributed by atoms with Crippen molar-refractivity contribution in [2.24, 2.45) is 11.8 Å². The van der Waals surface area contributed by atoms with Gasteiger partial charge in [0.1, 0.15) is 0 Å². The molecule has 0 N–H and O–H groups in total. The molecule has 80 valence electrons. The van der Waals surface area contributed by atoms with Crippen molar-refractivity contribution in [3.63, 3.8) is 0 Å². The van der Waals surface area contributed by atoms with Crippen LogP contribution in [0.25, 0.3) is 0 Å². The minimum Gasteiger partial charge on any atom is -1.00 e. The fraction of sp³-hybridized carbons (Fsp3) is 1.00. The first kappa shape index (κ1) is 17.5. The first-order chi connectivity index (χ1) is 6.06. The van der Waals surface area contributed by atoms with Crippen LogP contribution < -0.4 is 18.9 Å². The van der Waals surface area contributed by atoms with Gasteiger partial charge in [0.25, 0.3) is 14.1 Å². The minimum atomic E-state index is -0.367. The molecule has 0 aromatic rings. The van der Waals surface area contributed by atoms with Crippen molar-refractivity contribution in [3.8, 4) is 0 Å². The van der Waals surface area contributed by atoms with Crippen molar-refractivity contribution in [2.45, 2.75) is 63.3 Å². The summed E-state index contributed by atoms with van der Waals surface area (Å²) < 4.78 is 0. The molecular formula is C12H28AlLi. The molecule has 0 saturated heterocycles. The Morgan fingerprint density at radius 1 is 1.00 bits per heavy atom. The van der Waals surface area contributed by atoms with E-state index in [9.17, 15) is 0 Å². The van der Waals surface area contributed by atoms with Crippen LogP contribution in [0.2, 0.25) is 15.8 Å². The van der Waals surface area contributed by atoms with Crippen LogP contribution in [-0.4, -0.2) is 14.1 Å². The molecular weight excluding hydrogens is 178 g/mol. The number of hydrogen-bond donors (Lipinski definition) is 0. The van der Waals surface area contributed by atoms with Gasteiger partial charge in [-0.2, -0.15) is 0 Å². The third-order valence-electron chi connectivity index (χ3n) is 2.58. The van der Waals surface area contributed by atoms with Gasteiger partial charge in [0.2, 0.25) is 0 Å². The van der Waals surface area contributed by atoms with Crippen LogP contribution in [0.1, 0.15) is 48.9 Å². The molecule has 0 heterocycles. The summed E-state index contributed by atoms with van der Waals surface area (Å²) in [5.74, 6) is 1.87. The summed E-state index contributed by atoms with van der Waals surface area (Å²) in [7, 11) is 0. The Hall–Kier alpha value is 1.13. The Bertz CT molecular complexity index is 108. The van der Waals surface area contributed by atoms with Crippen LogP contribution in [0, 0.1) is 11.8 Å². The topological polar surface area (TPSA) is 0 Å². The van der Waals surface area contributed by atoms with E-state index in [4.69, 9.17) is 0 Å². The molecule has 0 amide bonds. The predicted molar refractivity (Wildman–Crippen MR) is 65.9 cm³/mol. The second-order valence-electron chi connectivity index (χ2n) is 5.27. The molecule has 14 heavy (non-hydrogen) atoms. The molecule has 2 heteroatoms. The van der Waals surface area contributed by atoms with E-state index in [0.29, 0.717) is 0 Å². The van der Waals surface area contributed by atoms with Crippen molar-refractivity contribution in [1.82, 2.24) is 0 Å². The van der Waals surface area contributed by atoms with Gasteiger partial charge in [0.15, 0.2) is 0 Å². The van der Waals surface area contributed by atoms with E-state index < -0.39 is 0 Å². The van der Waals surface area contributed by atoms with E-state index >= 15 is 0 Å². The molecule has 0 radical (unpaired) electrons. The van der Waals surface area contributed by atoms with Gasteiger partial charge < -0.3 is 1.43 Å². The first-order valence-corrected chi connectivity index (χ1v) is 8.51. The third-order valence-corrected chi connectivity index (χ3v) is 7.02. The Morgan fingerprint density at radius 3 is 1.71 bits per heavy atom. The van der Waals surface area contributed by atoms with Crippen molar-refractivity contribution in [2.75, 3.05) is 0 Å². The maximum absolute atomic E-state index is 2.38. The molecule has 0 bridgehead atoms. The van der Waals surface area contributed by atoms with Gasteiger partial charge in [-0.3, -0.25) is 0 Å². The standard InChI is InChI=1S/3C4H9.Al.Li.H/c2*1-4(2)3;1-3-4-2;;;/h2*4H,1H2,2-3H3;1,3-4H2,2H3;;;/q;;;;+1;-1. The molecule has 0 atom stereocenters. The van der Waals surface area contributed by atoms with E-state index in [1.807, 2.05) is 0 Å². The molecule has 0 unspecified atom stereocenters. The largest absolute Gasteiger partial charge is 1.00 e. The molecule has 0 nitrogen and oxygen atoms in total. The van der Waals surface area contributed by atoms with Crippen LogP contribution in [0.4, 0.5) is 0 Å². The van der Waals surface area contributed by atoms with Crippen molar-refractivity contribution in [3.05, 3.63) is 0 Å². The van der Waals surface area contributed by atoms with E-state index in [2.05, 4.69) is 34.6 Å². The van der Waals surface area contributed by atoms with Gasteiger partial charge in [-0.05, 0) is 0 Å². The van der Waals surface area contributed by atoms with Crippen LogP contribution in [0.5, 0.6) is 0 Å². The summed E-state index contributed by atoms with van der Waals surface area (Å²) in [5, 5.41) is 4.73. The summed E-state index contributed by atoms with van der Waals surface area (Å²) in [6, 6.07) is 0. The van der Waals surface area contributed by atoms with Crippen LogP contribution in [0.3, 0.4) is 0 Å².